The first-order valence-corrected chi connectivity index (χ1v) is 6.73. The Bertz CT molecular complexity index is 217. The fourth-order valence-corrected chi connectivity index (χ4v) is 1.65. The average Bonchev–Trinajstić information content (AvgIpc) is 2.28. The van der Waals surface area contributed by atoms with E-state index in [2.05, 4.69) is 12.2 Å². The highest BCUT2D eigenvalue weighted by molar-refractivity contribution is 5.95. The van der Waals surface area contributed by atoms with E-state index in [1.165, 1.54) is 32.1 Å². The topological polar surface area (TPSA) is 72.2 Å². The van der Waals surface area contributed by atoms with Gasteiger partial charge in [-0.3, -0.25) is 14.9 Å². The van der Waals surface area contributed by atoms with Crippen molar-refractivity contribution in [2.75, 3.05) is 6.54 Å². The Balaban J connectivity index is 3.30. The van der Waals surface area contributed by atoms with Crippen LogP contribution in [0.4, 0.5) is 0 Å². The Morgan fingerprint density at radius 3 is 2.00 bits per heavy atom. The third-order valence-electron chi connectivity index (χ3n) is 2.66. The Hall–Kier alpha value is -0.900. The number of nitrogens with two attached hydrogens (primary N) is 1. The van der Waals surface area contributed by atoms with Crippen LogP contribution >= 0.6 is 0 Å². The van der Waals surface area contributed by atoms with E-state index in [9.17, 15) is 9.59 Å². The van der Waals surface area contributed by atoms with Gasteiger partial charge in [-0.2, -0.15) is 0 Å². The second kappa shape index (κ2) is 11.6. The summed E-state index contributed by atoms with van der Waals surface area (Å²) in [6, 6.07) is 0. The van der Waals surface area contributed by atoms with E-state index in [0.717, 1.165) is 12.8 Å². The summed E-state index contributed by atoms with van der Waals surface area (Å²) in [5.41, 5.74) is 5.21. The zero-order valence-corrected chi connectivity index (χ0v) is 11.0. The molecular formula is C13H26N2O2. The molecule has 17 heavy (non-hydrogen) atoms. The molecule has 0 fully saturated rings. The van der Waals surface area contributed by atoms with Crippen LogP contribution in [0.1, 0.15) is 64.7 Å². The molecule has 0 aliphatic heterocycles. The fraction of sp³-hybridized carbons (Fsp3) is 0.846. The number of carbonyl (C=O) groups is 2. The van der Waals surface area contributed by atoms with Gasteiger partial charge in [0.05, 0.1) is 0 Å². The van der Waals surface area contributed by atoms with Gasteiger partial charge in [0.2, 0.25) is 11.8 Å². The van der Waals surface area contributed by atoms with Gasteiger partial charge in [-0.1, -0.05) is 45.4 Å². The molecule has 0 saturated carbocycles. The van der Waals surface area contributed by atoms with Crippen LogP contribution in [0.3, 0.4) is 0 Å². The smallest absolute Gasteiger partial charge is 0.227 e. The van der Waals surface area contributed by atoms with Crippen molar-refractivity contribution in [3.63, 3.8) is 0 Å². The van der Waals surface area contributed by atoms with Gasteiger partial charge in [-0.25, -0.2) is 0 Å². The molecule has 0 saturated heterocycles. The maximum absolute atomic E-state index is 11.3. The second-order valence-corrected chi connectivity index (χ2v) is 4.38. The van der Waals surface area contributed by atoms with Crippen LogP contribution in [0.2, 0.25) is 0 Å². The number of carbonyl (C=O) groups excluding carboxylic acids is 2. The van der Waals surface area contributed by atoms with Crippen molar-refractivity contribution in [1.29, 1.82) is 0 Å². The molecule has 4 heteroatoms. The molecule has 0 spiro atoms. The van der Waals surface area contributed by atoms with Gasteiger partial charge in [-0.15, -0.1) is 0 Å². The first-order valence-electron chi connectivity index (χ1n) is 6.73. The minimum absolute atomic E-state index is 0.169. The highest BCUT2D eigenvalue weighted by Crippen LogP contribution is 2.08. The van der Waals surface area contributed by atoms with Gasteiger partial charge in [-0.05, 0) is 6.42 Å². The van der Waals surface area contributed by atoms with Crippen LogP contribution in [-0.4, -0.2) is 18.4 Å². The summed E-state index contributed by atoms with van der Waals surface area (Å²) < 4.78 is 0. The van der Waals surface area contributed by atoms with Crippen LogP contribution in [0.15, 0.2) is 0 Å². The number of nitrogens with one attached hydrogen (secondary N) is 1. The molecule has 0 bridgehead atoms. The number of unbranched alkanes of at least 4 members (excludes halogenated alkanes) is 6. The summed E-state index contributed by atoms with van der Waals surface area (Å²) in [7, 11) is 0. The SMILES string of the molecule is CCCCCCCCCC(=O)NC(=O)CCN. The fourth-order valence-electron chi connectivity index (χ4n) is 1.65. The molecule has 0 rings (SSSR count). The van der Waals surface area contributed by atoms with E-state index < -0.39 is 0 Å². The van der Waals surface area contributed by atoms with Crippen LogP contribution < -0.4 is 11.1 Å². The lowest BCUT2D eigenvalue weighted by Gasteiger charge is -2.03. The van der Waals surface area contributed by atoms with Crippen molar-refractivity contribution in [2.45, 2.75) is 64.7 Å². The minimum Gasteiger partial charge on any atom is -0.330 e. The van der Waals surface area contributed by atoms with Crippen molar-refractivity contribution >= 4 is 11.8 Å². The van der Waals surface area contributed by atoms with Crippen molar-refractivity contribution in [3.8, 4) is 0 Å². The van der Waals surface area contributed by atoms with Gasteiger partial charge >= 0.3 is 0 Å². The molecule has 0 heterocycles. The number of imide groups is 1. The molecule has 3 N–H and O–H groups in total. The van der Waals surface area contributed by atoms with E-state index in [-0.39, 0.29) is 24.8 Å². The Kier molecular flexibility index (Phi) is 11.0. The van der Waals surface area contributed by atoms with Gasteiger partial charge in [0.1, 0.15) is 0 Å². The Morgan fingerprint density at radius 2 is 1.41 bits per heavy atom. The van der Waals surface area contributed by atoms with Gasteiger partial charge < -0.3 is 5.73 Å². The zero-order valence-electron chi connectivity index (χ0n) is 11.0. The molecule has 0 aliphatic carbocycles. The normalized spacial score (nSPS) is 10.2. The molecule has 4 nitrogen and oxygen atoms in total. The molecule has 100 valence electrons. The standard InChI is InChI=1S/C13H26N2O2/c1-2-3-4-5-6-7-8-9-12(16)15-13(17)10-11-14/h2-11,14H2,1H3,(H,15,16,17). The van der Waals surface area contributed by atoms with Crippen LogP contribution in [0.25, 0.3) is 0 Å². The first kappa shape index (κ1) is 16.1. The molecule has 0 aromatic carbocycles. The third-order valence-corrected chi connectivity index (χ3v) is 2.66. The quantitative estimate of drug-likeness (QED) is 0.576. The molecule has 0 atom stereocenters. The predicted octanol–water partition coefficient (Wildman–Crippen LogP) is 2.12. The van der Waals surface area contributed by atoms with Crippen molar-refractivity contribution < 1.29 is 9.59 Å². The molecule has 2 amide bonds. The van der Waals surface area contributed by atoms with Crippen LogP contribution in [0.5, 0.6) is 0 Å². The number of amides is 2. The summed E-state index contributed by atoms with van der Waals surface area (Å²) in [5.74, 6) is -0.433. The van der Waals surface area contributed by atoms with Gasteiger partial charge in [0.15, 0.2) is 0 Å². The molecule has 0 aliphatic rings. The van der Waals surface area contributed by atoms with Crippen molar-refractivity contribution in [3.05, 3.63) is 0 Å². The lowest BCUT2D eigenvalue weighted by Crippen LogP contribution is -2.31. The highest BCUT2D eigenvalue weighted by atomic mass is 16.2. The molecular weight excluding hydrogens is 216 g/mol. The van der Waals surface area contributed by atoms with Gasteiger partial charge in [0.25, 0.3) is 0 Å². The Labute approximate surface area is 104 Å². The summed E-state index contributed by atoms with van der Waals surface area (Å²) in [6.07, 6.45) is 8.89. The van der Waals surface area contributed by atoms with E-state index >= 15 is 0 Å². The second-order valence-electron chi connectivity index (χ2n) is 4.38. The highest BCUT2D eigenvalue weighted by Gasteiger charge is 2.05. The molecule has 0 radical (unpaired) electrons. The largest absolute Gasteiger partial charge is 0.330 e. The number of hydrogen-bond donors (Lipinski definition) is 2. The summed E-state index contributed by atoms with van der Waals surface area (Å²) in [6.45, 7) is 2.49. The van der Waals surface area contributed by atoms with E-state index in [0.29, 0.717) is 6.42 Å². The summed E-state index contributed by atoms with van der Waals surface area (Å²) in [4.78, 5) is 22.3. The summed E-state index contributed by atoms with van der Waals surface area (Å²) in [5, 5.41) is 2.33. The Morgan fingerprint density at radius 1 is 0.882 bits per heavy atom. The van der Waals surface area contributed by atoms with Crippen molar-refractivity contribution in [1.82, 2.24) is 5.32 Å². The number of rotatable bonds is 10. The van der Waals surface area contributed by atoms with Crippen molar-refractivity contribution in [2.24, 2.45) is 5.73 Å². The van der Waals surface area contributed by atoms with E-state index in [1.807, 2.05) is 0 Å². The zero-order chi connectivity index (χ0) is 12.9. The maximum atomic E-state index is 11.3. The van der Waals surface area contributed by atoms with E-state index in [1.54, 1.807) is 0 Å². The number of hydrogen-bond acceptors (Lipinski definition) is 3. The lowest BCUT2D eigenvalue weighted by atomic mass is 10.1. The van der Waals surface area contributed by atoms with Crippen LogP contribution in [-0.2, 0) is 9.59 Å². The molecule has 0 unspecified atom stereocenters. The summed E-state index contributed by atoms with van der Waals surface area (Å²) >= 11 is 0. The van der Waals surface area contributed by atoms with Crippen LogP contribution in [0, 0.1) is 0 Å². The maximum Gasteiger partial charge on any atom is 0.227 e. The molecule has 0 aromatic rings. The minimum atomic E-state index is -0.263. The third kappa shape index (κ3) is 11.4. The molecule has 0 aromatic heterocycles. The lowest BCUT2D eigenvalue weighted by molar-refractivity contribution is -0.130. The van der Waals surface area contributed by atoms with Gasteiger partial charge in [0, 0.05) is 19.4 Å². The monoisotopic (exact) mass is 242 g/mol. The predicted molar refractivity (Wildman–Crippen MR) is 69.4 cm³/mol. The average molecular weight is 242 g/mol. The van der Waals surface area contributed by atoms with E-state index in [4.69, 9.17) is 5.73 Å². The first-order chi connectivity index (χ1) is 8.20.